The standard InChI is InChI=1S/C27H36N8O2/c1-20(2)21-15-27(33-29-17-21)32-26-7-6-24-25(31-26)14-22(16-28-24)23-18-30-35(19-23)9-5-8-34(10-12-36-3)11-13-37-4/h6-7,14-20H,5,8-13H2,1-4H3,(H,31,32,33). The second kappa shape index (κ2) is 13.2. The molecule has 0 atom stereocenters. The Kier molecular flexibility index (Phi) is 9.47. The zero-order valence-electron chi connectivity index (χ0n) is 22.1. The highest BCUT2D eigenvalue weighted by molar-refractivity contribution is 5.81. The molecule has 4 aromatic heterocycles. The van der Waals surface area contributed by atoms with Crippen molar-refractivity contribution in [2.45, 2.75) is 32.7 Å². The average Bonchev–Trinajstić information content (AvgIpc) is 3.38. The molecule has 10 nitrogen and oxygen atoms in total. The summed E-state index contributed by atoms with van der Waals surface area (Å²) in [7, 11) is 3.46. The van der Waals surface area contributed by atoms with Gasteiger partial charge in [-0.3, -0.25) is 14.6 Å². The van der Waals surface area contributed by atoms with Crippen LogP contribution in [0.2, 0.25) is 0 Å². The molecule has 196 valence electrons. The summed E-state index contributed by atoms with van der Waals surface area (Å²) >= 11 is 0. The number of aromatic nitrogens is 6. The van der Waals surface area contributed by atoms with Crippen molar-refractivity contribution in [2.75, 3.05) is 52.4 Å². The molecule has 10 heteroatoms. The van der Waals surface area contributed by atoms with Crippen molar-refractivity contribution in [3.63, 3.8) is 0 Å². The van der Waals surface area contributed by atoms with Crippen LogP contribution >= 0.6 is 0 Å². The molecule has 0 unspecified atom stereocenters. The van der Waals surface area contributed by atoms with Gasteiger partial charge in [-0.1, -0.05) is 13.8 Å². The molecule has 0 radical (unpaired) electrons. The van der Waals surface area contributed by atoms with E-state index in [1.165, 1.54) is 0 Å². The van der Waals surface area contributed by atoms with Crippen LogP contribution < -0.4 is 5.32 Å². The van der Waals surface area contributed by atoms with Gasteiger partial charge in [0.15, 0.2) is 5.82 Å². The lowest BCUT2D eigenvalue weighted by Crippen LogP contribution is -2.32. The third-order valence-corrected chi connectivity index (χ3v) is 6.19. The number of pyridine rings is 2. The molecule has 1 N–H and O–H groups in total. The van der Waals surface area contributed by atoms with Crippen LogP contribution in [0.4, 0.5) is 11.6 Å². The fourth-order valence-electron chi connectivity index (χ4n) is 3.99. The highest BCUT2D eigenvalue weighted by atomic mass is 16.5. The molecule has 0 aromatic carbocycles. The third kappa shape index (κ3) is 7.51. The normalized spacial score (nSPS) is 11.6. The summed E-state index contributed by atoms with van der Waals surface area (Å²) in [6.45, 7) is 9.28. The molecule has 0 fully saturated rings. The summed E-state index contributed by atoms with van der Waals surface area (Å²) in [5.41, 5.74) is 4.75. The molecule has 0 spiro atoms. The van der Waals surface area contributed by atoms with E-state index in [0.717, 1.165) is 60.3 Å². The van der Waals surface area contributed by atoms with Crippen molar-refractivity contribution in [1.82, 2.24) is 34.8 Å². The number of nitrogens with zero attached hydrogens (tertiary/aromatic N) is 7. The number of rotatable bonds is 14. The van der Waals surface area contributed by atoms with E-state index in [0.29, 0.717) is 30.8 Å². The predicted octanol–water partition coefficient (Wildman–Crippen LogP) is 4.14. The van der Waals surface area contributed by atoms with Gasteiger partial charge in [-0.15, -0.1) is 5.10 Å². The summed E-state index contributed by atoms with van der Waals surface area (Å²) in [6, 6.07) is 7.90. The fourth-order valence-corrected chi connectivity index (χ4v) is 3.99. The molecule has 0 amide bonds. The van der Waals surface area contributed by atoms with Gasteiger partial charge in [-0.25, -0.2) is 4.98 Å². The van der Waals surface area contributed by atoms with E-state index in [1.807, 2.05) is 41.3 Å². The van der Waals surface area contributed by atoms with E-state index in [9.17, 15) is 0 Å². The number of methoxy groups -OCH3 is 2. The van der Waals surface area contributed by atoms with Crippen molar-refractivity contribution < 1.29 is 9.47 Å². The molecule has 0 bridgehead atoms. The molecule has 0 aliphatic carbocycles. The second-order valence-corrected chi connectivity index (χ2v) is 9.29. The van der Waals surface area contributed by atoms with Gasteiger partial charge in [0, 0.05) is 63.9 Å². The van der Waals surface area contributed by atoms with Gasteiger partial charge in [0.05, 0.1) is 36.6 Å². The molecule has 0 saturated heterocycles. The van der Waals surface area contributed by atoms with E-state index in [-0.39, 0.29) is 0 Å². The molecule has 37 heavy (non-hydrogen) atoms. The summed E-state index contributed by atoms with van der Waals surface area (Å²) in [5, 5.41) is 16.1. The minimum Gasteiger partial charge on any atom is -0.383 e. The van der Waals surface area contributed by atoms with Crippen LogP contribution in [-0.4, -0.2) is 81.9 Å². The number of ether oxygens (including phenoxy) is 2. The lowest BCUT2D eigenvalue weighted by atomic mass is 10.1. The van der Waals surface area contributed by atoms with Gasteiger partial charge >= 0.3 is 0 Å². The van der Waals surface area contributed by atoms with Crippen molar-refractivity contribution in [2.24, 2.45) is 0 Å². The van der Waals surface area contributed by atoms with Crippen LogP contribution in [0, 0.1) is 0 Å². The Morgan fingerprint density at radius 2 is 1.73 bits per heavy atom. The first-order valence-electron chi connectivity index (χ1n) is 12.6. The van der Waals surface area contributed by atoms with Gasteiger partial charge in [-0.2, -0.15) is 10.2 Å². The van der Waals surface area contributed by atoms with Crippen LogP contribution in [-0.2, 0) is 16.0 Å². The van der Waals surface area contributed by atoms with E-state index < -0.39 is 0 Å². The first-order chi connectivity index (χ1) is 18.1. The van der Waals surface area contributed by atoms with Crippen LogP contribution in [0.1, 0.15) is 31.7 Å². The smallest absolute Gasteiger partial charge is 0.154 e. The molecular formula is C27H36N8O2. The third-order valence-electron chi connectivity index (χ3n) is 6.19. The van der Waals surface area contributed by atoms with Crippen LogP contribution in [0.15, 0.2) is 49.1 Å². The lowest BCUT2D eigenvalue weighted by molar-refractivity contribution is 0.112. The van der Waals surface area contributed by atoms with Crippen LogP contribution in [0.3, 0.4) is 0 Å². The SMILES string of the molecule is COCCN(CCCn1cc(-c2cnc3ccc(Nc4cc(C(C)C)cnn4)nc3c2)cn1)CCOC. The lowest BCUT2D eigenvalue weighted by Gasteiger charge is -2.21. The molecule has 4 aromatic rings. The Morgan fingerprint density at radius 3 is 2.49 bits per heavy atom. The van der Waals surface area contributed by atoms with E-state index in [1.54, 1.807) is 20.4 Å². The molecule has 4 heterocycles. The van der Waals surface area contributed by atoms with E-state index in [2.05, 4.69) is 50.5 Å². The van der Waals surface area contributed by atoms with Crippen molar-refractivity contribution in [1.29, 1.82) is 0 Å². The number of hydrogen-bond donors (Lipinski definition) is 1. The van der Waals surface area contributed by atoms with Crippen molar-refractivity contribution in [3.05, 3.63) is 54.6 Å². The number of aryl methyl sites for hydroxylation is 1. The van der Waals surface area contributed by atoms with E-state index in [4.69, 9.17) is 14.5 Å². The first kappa shape index (κ1) is 26.6. The topological polar surface area (TPSA) is 103 Å². The highest BCUT2D eigenvalue weighted by Crippen LogP contribution is 2.24. The van der Waals surface area contributed by atoms with Gasteiger partial charge in [-0.05, 0) is 42.2 Å². The molecule has 0 aliphatic heterocycles. The van der Waals surface area contributed by atoms with Gasteiger partial charge in [0.2, 0.25) is 0 Å². The van der Waals surface area contributed by atoms with Crippen molar-refractivity contribution >= 4 is 22.7 Å². The number of hydrogen-bond acceptors (Lipinski definition) is 9. The molecule has 0 saturated carbocycles. The fraction of sp³-hybridized carbons (Fsp3) is 0.444. The van der Waals surface area contributed by atoms with Gasteiger partial charge < -0.3 is 14.8 Å². The Balaban J connectivity index is 1.41. The maximum absolute atomic E-state index is 5.23. The Bertz CT molecular complexity index is 1270. The summed E-state index contributed by atoms with van der Waals surface area (Å²) in [4.78, 5) is 11.7. The van der Waals surface area contributed by atoms with Crippen molar-refractivity contribution in [3.8, 4) is 11.1 Å². The maximum Gasteiger partial charge on any atom is 0.154 e. The average molecular weight is 505 g/mol. The Hall–Kier alpha value is -3.47. The molecule has 0 aliphatic rings. The Labute approximate surface area is 218 Å². The van der Waals surface area contributed by atoms with E-state index >= 15 is 0 Å². The van der Waals surface area contributed by atoms with Crippen LogP contribution in [0.25, 0.3) is 22.2 Å². The number of nitrogens with one attached hydrogen (secondary N) is 1. The molecule has 4 rings (SSSR count). The predicted molar refractivity (Wildman–Crippen MR) is 145 cm³/mol. The zero-order valence-corrected chi connectivity index (χ0v) is 22.1. The summed E-state index contributed by atoms with van der Waals surface area (Å²) in [6.07, 6.45) is 8.59. The largest absolute Gasteiger partial charge is 0.383 e. The summed E-state index contributed by atoms with van der Waals surface area (Å²) < 4.78 is 12.4. The molecular weight excluding hydrogens is 468 g/mol. The van der Waals surface area contributed by atoms with Gasteiger partial charge in [0.25, 0.3) is 0 Å². The second-order valence-electron chi connectivity index (χ2n) is 9.29. The number of fused-ring (bicyclic) bond motifs is 1. The zero-order chi connectivity index (χ0) is 26.0. The highest BCUT2D eigenvalue weighted by Gasteiger charge is 2.09. The quantitative estimate of drug-likeness (QED) is 0.271. The summed E-state index contributed by atoms with van der Waals surface area (Å²) in [5.74, 6) is 1.74. The number of anilines is 2. The monoisotopic (exact) mass is 504 g/mol. The van der Waals surface area contributed by atoms with Crippen LogP contribution in [0.5, 0.6) is 0 Å². The maximum atomic E-state index is 5.23. The van der Waals surface area contributed by atoms with Gasteiger partial charge in [0.1, 0.15) is 5.82 Å². The Morgan fingerprint density at radius 1 is 0.919 bits per heavy atom. The minimum atomic E-state index is 0.374. The first-order valence-corrected chi connectivity index (χ1v) is 12.6. The minimum absolute atomic E-state index is 0.374.